The number of ketones is 2. The number of carbonyl (C=O) groups is 2. The van der Waals surface area contributed by atoms with Crippen LogP contribution in [0.4, 0.5) is 0 Å². The highest BCUT2D eigenvalue weighted by atomic mass is 16.2. The molecule has 2 bridgehead atoms. The molecule has 2 fully saturated rings. The third kappa shape index (κ3) is 1.72. The van der Waals surface area contributed by atoms with Crippen molar-refractivity contribution in [3.8, 4) is 0 Å². The van der Waals surface area contributed by atoms with Gasteiger partial charge in [-0.25, -0.2) is 0 Å². The minimum absolute atomic E-state index is 0.0915. The van der Waals surface area contributed by atoms with Gasteiger partial charge in [-0.15, -0.1) is 0 Å². The van der Waals surface area contributed by atoms with E-state index in [4.69, 9.17) is 0 Å². The van der Waals surface area contributed by atoms with E-state index in [2.05, 4.69) is 0 Å². The summed E-state index contributed by atoms with van der Waals surface area (Å²) in [7, 11) is 0. The van der Waals surface area contributed by atoms with Gasteiger partial charge in [-0.1, -0.05) is 36.8 Å². The van der Waals surface area contributed by atoms with Crippen molar-refractivity contribution in [3.05, 3.63) is 35.9 Å². The molecule has 0 aromatic heterocycles. The lowest BCUT2D eigenvalue weighted by Crippen LogP contribution is -2.42. The van der Waals surface area contributed by atoms with Crippen molar-refractivity contribution >= 4 is 11.6 Å². The van der Waals surface area contributed by atoms with E-state index in [0.29, 0.717) is 6.42 Å². The number of hydrogen-bond acceptors (Lipinski definition) is 2. The zero-order valence-corrected chi connectivity index (χ0v) is 9.76. The summed E-state index contributed by atoms with van der Waals surface area (Å²) < 4.78 is 0. The second kappa shape index (κ2) is 4.10. The fourth-order valence-electron chi connectivity index (χ4n) is 3.36. The maximum atomic E-state index is 12.2. The summed E-state index contributed by atoms with van der Waals surface area (Å²) >= 11 is 0. The molecule has 0 aliphatic heterocycles. The van der Waals surface area contributed by atoms with E-state index in [0.717, 1.165) is 24.8 Å². The van der Waals surface area contributed by atoms with Crippen LogP contribution < -0.4 is 0 Å². The Bertz CT molecular complexity index is 449. The van der Waals surface area contributed by atoms with Crippen LogP contribution in [0.5, 0.6) is 0 Å². The molecule has 2 heteroatoms. The Kier molecular flexibility index (Phi) is 2.58. The summed E-state index contributed by atoms with van der Waals surface area (Å²) in [5.41, 5.74) is 1.15. The fourth-order valence-corrected chi connectivity index (χ4v) is 3.36. The highest BCUT2D eigenvalue weighted by Gasteiger charge is 2.45. The molecule has 0 heterocycles. The third-order valence-electron chi connectivity index (χ3n) is 4.24. The molecule has 0 radical (unpaired) electrons. The quantitative estimate of drug-likeness (QED) is 0.692. The van der Waals surface area contributed by atoms with Gasteiger partial charge in [0, 0.05) is 18.3 Å². The van der Waals surface area contributed by atoms with Crippen LogP contribution >= 0.6 is 0 Å². The molecular weight excluding hydrogens is 212 g/mol. The van der Waals surface area contributed by atoms with E-state index in [1.807, 2.05) is 30.3 Å². The fraction of sp³-hybridized carbons (Fsp3) is 0.467. The van der Waals surface area contributed by atoms with E-state index >= 15 is 0 Å². The number of hydrogen-bond donors (Lipinski definition) is 0. The normalized spacial score (nSPS) is 32.6. The molecule has 0 spiro atoms. The van der Waals surface area contributed by atoms with Gasteiger partial charge in [0.2, 0.25) is 0 Å². The zero-order chi connectivity index (χ0) is 11.8. The van der Waals surface area contributed by atoms with Crippen LogP contribution in [-0.2, 0) is 9.59 Å². The second-order valence-corrected chi connectivity index (χ2v) is 5.18. The van der Waals surface area contributed by atoms with Gasteiger partial charge < -0.3 is 0 Å². The largest absolute Gasteiger partial charge is 0.299 e. The molecule has 2 nitrogen and oxygen atoms in total. The van der Waals surface area contributed by atoms with Crippen LogP contribution in [0.1, 0.15) is 37.2 Å². The van der Waals surface area contributed by atoms with E-state index in [9.17, 15) is 9.59 Å². The second-order valence-electron chi connectivity index (χ2n) is 5.18. The smallest absolute Gasteiger partial charge is 0.147 e. The Labute approximate surface area is 101 Å². The summed E-state index contributed by atoms with van der Waals surface area (Å²) in [6, 6.07) is 10.0. The van der Waals surface area contributed by atoms with E-state index < -0.39 is 0 Å². The standard InChI is InChI=1S/C15H16O2/c16-14-9-13(10-5-2-1-3-6-10)11-7-4-8-12(14)15(11)17/h1-3,5-6,11-13H,4,7-9H2/t11-,12+,13-/m0/s1. The van der Waals surface area contributed by atoms with Gasteiger partial charge in [0.05, 0.1) is 5.92 Å². The van der Waals surface area contributed by atoms with Crippen molar-refractivity contribution in [2.75, 3.05) is 0 Å². The maximum Gasteiger partial charge on any atom is 0.147 e. The molecule has 1 aromatic rings. The van der Waals surface area contributed by atoms with Crippen molar-refractivity contribution in [2.45, 2.75) is 31.6 Å². The predicted octanol–water partition coefficient (Wildman–Crippen LogP) is 2.73. The zero-order valence-electron chi connectivity index (χ0n) is 9.76. The van der Waals surface area contributed by atoms with E-state index in [1.54, 1.807) is 0 Å². The first-order valence-electron chi connectivity index (χ1n) is 6.39. The minimum atomic E-state index is -0.270. The third-order valence-corrected chi connectivity index (χ3v) is 4.24. The maximum absolute atomic E-state index is 12.2. The Morgan fingerprint density at radius 3 is 2.47 bits per heavy atom. The first-order valence-corrected chi connectivity index (χ1v) is 6.39. The van der Waals surface area contributed by atoms with Crippen molar-refractivity contribution in [1.29, 1.82) is 0 Å². The summed E-state index contributed by atoms with van der Waals surface area (Å²) in [4.78, 5) is 24.2. The number of Topliss-reactive ketones (excluding diaryl/α,β-unsaturated/α-hetero) is 2. The lowest BCUT2D eigenvalue weighted by atomic mass is 9.63. The van der Waals surface area contributed by atoms with Crippen LogP contribution in [0.3, 0.4) is 0 Å². The molecular formula is C15H16O2. The van der Waals surface area contributed by atoms with Crippen molar-refractivity contribution in [1.82, 2.24) is 0 Å². The highest BCUT2D eigenvalue weighted by molar-refractivity contribution is 6.06. The SMILES string of the molecule is O=C1C[C@@H](c2ccccc2)[C@@H]2CCC[C@H]1C2=O. The molecule has 2 aliphatic carbocycles. The molecule has 0 saturated heterocycles. The Morgan fingerprint density at radius 2 is 1.71 bits per heavy atom. The Morgan fingerprint density at radius 1 is 0.941 bits per heavy atom. The molecule has 88 valence electrons. The average molecular weight is 228 g/mol. The molecule has 2 saturated carbocycles. The van der Waals surface area contributed by atoms with Gasteiger partial charge in [-0.3, -0.25) is 9.59 Å². The molecule has 0 N–H and O–H groups in total. The van der Waals surface area contributed by atoms with Gasteiger partial charge in [-0.05, 0) is 18.4 Å². The predicted molar refractivity (Wildman–Crippen MR) is 64.6 cm³/mol. The van der Waals surface area contributed by atoms with Crippen LogP contribution in [0.2, 0.25) is 0 Å². The van der Waals surface area contributed by atoms with Crippen LogP contribution in [0.25, 0.3) is 0 Å². The number of rotatable bonds is 1. The van der Waals surface area contributed by atoms with Crippen molar-refractivity contribution < 1.29 is 9.59 Å². The molecule has 17 heavy (non-hydrogen) atoms. The summed E-state index contributed by atoms with van der Waals surface area (Å²) in [5, 5.41) is 0. The first kappa shape index (κ1) is 10.7. The van der Waals surface area contributed by atoms with Gasteiger partial charge in [0.25, 0.3) is 0 Å². The summed E-state index contributed by atoms with van der Waals surface area (Å²) in [6.07, 6.45) is 3.33. The molecule has 3 atom stereocenters. The van der Waals surface area contributed by atoms with Gasteiger partial charge in [0.1, 0.15) is 11.6 Å². The Hall–Kier alpha value is -1.44. The van der Waals surface area contributed by atoms with Crippen LogP contribution in [0.15, 0.2) is 30.3 Å². The molecule has 0 unspecified atom stereocenters. The summed E-state index contributed by atoms with van der Waals surface area (Å²) in [5.74, 6) is 0.330. The van der Waals surface area contributed by atoms with Crippen molar-refractivity contribution in [2.24, 2.45) is 11.8 Å². The summed E-state index contributed by atoms with van der Waals surface area (Å²) in [6.45, 7) is 0. The number of benzene rings is 1. The lowest BCUT2D eigenvalue weighted by molar-refractivity contribution is -0.142. The topological polar surface area (TPSA) is 34.1 Å². The van der Waals surface area contributed by atoms with Crippen LogP contribution in [-0.4, -0.2) is 11.6 Å². The first-order chi connectivity index (χ1) is 8.27. The van der Waals surface area contributed by atoms with Gasteiger partial charge in [-0.2, -0.15) is 0 Å². The van der Waals surface area contributed by atoms with Crippen LogP contribution in [0, 0.1) is 11.8 Å². The molecule has 2 aliphatic rings. The van der Waals surface area contributed by atoms with Gasteiger partial charge >= 0.3 is 0 Å². The molecule has 3 rings (SSSR count). The lowest BCUT2D eigenvalue weighted by Gasteiger charge is -2.38. The monoisotopic (exact) mass is 228 g/mol. The van der Waals surface area contributed by atoms with Gasteiger partial charge in [0.15, 0.2) is 0 Å². The molecule has 0 amide bonds. The molecule has 1 aromatic carbocycles. The minimum Gasteiger partial charge on any atom is -0.299 e. The van der Waals surface area contributed by atoms with Crippen molar-refractivity contribution in [3.63, 3.8) is 0 Å². The highest BCUT2D eigenvalue weighted by Crippen LogP contribution is 2.43. The number of carbonyl (C=O) groups excluding carboxylic acids is 2. The van der Waals surface area contributed by atoms with E-state index in [1.165, 1.54) is 0 Å². The number of fused-ring (bicyclic) bond motifs is 2. The average Bonchev–Trinajstić information content (AvgIpc) is 2.35. The Balaban J connectivity index is 1.96. The van der Waals surface area contributed by atoms with E-state index in [-0.39, 0.29) is 29.3 Å².